The maximum absolute atomic E-state index is 9.30. The van der Waals surface area contributed by atoms with Gasteiger partial charge in [-0.1, -0.05) is 6.42 Å². The topological polar surface area (TPSA) is 36.3 Å². The molecule has 2 heterocycles. The van der Waals surface area contributed by atoms with Crippen molar-refractivity contribution in [2.75, 3.05) is 26.3 Å². The minimum Gasteiger partial charge on any atom is -0.381 e. The number of hydrogen-bond acceptors (Lipinski definition) is 3. The summed E-state index contributed by atoms with van der Waals surface area (Å²) in [5.41, 5.74) is 0. The van der Waals surface area contributed by atoms with Gasteiger partial charge in [-0.2, -0.15) is 5.26 Å². The summed E-state index contributed by atoms with van der Waals surface area (Å²) in [7, 11) is 0. The number of likely N-dealkylation sites (tertiary alicyclic amines) is 1. The molecule has 0 aliphatic carbocycles. The first kappa shape index (κ1) is 10.9. The zero-order valence-electron chi connectivity index (χ0n) is 9.32. The van der Waals surface area contributed by atoms with E-state index in [0.717, 1.165) is 39.1 Å². The summed E-state index contributed by atoms with van der Waals surface area (Å²) in [6.45, 7) is 3.93. The van der Waals surface area contributed by atoms with Crippen LogP contribution in [0.5, 0.6) is 0 Å². The number of nitriles is 1. The predicted octanol–water partition coefficient (Wildman–Crippen LogP) is 1.79. The van der Waals surface area contributed by atoms with Gasteiger partial charge < -0.3 is 4.74 Å². The number of ether oxygens (including phenoxy) is 1. The Labute approximate surface area is 92.0 Å². The average Bonchev–Trinajstić information content (AvgIpc) is 2.33. The molecule has 2 aliphatic rings. The number of hydrogen-bond donors (Lipinski definition) is 0. The molecule has 0 bridgehead atoms. The average molecular weight is 208 g/mol. The highest BCUT2D eigenvalue weighted by molar-refractivity contribution is 4.97. The van der Waals surface area contributed by atoms with Gasteiger partial charge in [0.1, 0.15) is 6.04 Å². The Morgan fingerprint density at radius 1 is 1.13 bits per heavy atom. The Morgan fingerprint density at radius 3 is 2.40 bits per heavy atom. The van der Waals surface area contributed by atoms with Gasteiger partial charge in [0.25, 0.3) is 0 Å². The van der Waals surface area contributed by atoms with E-state index in [0.29, 0.717) is 5.92 Å². The first-order chi connectivity index (χ1) is 7.42. The fourth-order valence-electron chi connectivity index (χ4n) is 2.71. The predicted molar refractivity (Wildman–Crippen MR) is 58.4 cm³/mol. The van der Waals surface area contributed by atoms with Crippen molar-refractivity contribution in [3.8, 4) is 6.07 Å². The molecule has 0 aromatic heterocycles. The summed E-state index contributed by atoms with van der Waals surface area (Å²) >= 11 is 0. The van der Waals surface area contributed by atoms with Crippen LogP contribution < -0.4 is 0 Å². The highest BCUT2D eigenvalue weighted by atomic mass is 16.5. The van der Waals surface area contributed by atoms with Crippen LogP contribution in [-0.4, -0.2) is 37.2 Å². The van der Waals surface area contributed by atoms with Gasteiger partial charge in [-0.15, -0.1) is 0 Å². The minimum absolute atomic E-state index is 0.147. The summed E-state index contributed by atoms with van der Waals surface area (Å²) in [5.74, 6) is 0.543. The standard InChI is InChI=1S/C12H20N2O/c13-10-12(11-4-8-15-9-5-11)14-6-2-1-3-7-14/h11-12H,1-9H2. The van der Waals surface area contributed by atoms with Crippen LogP contribution in [0.1, 0.15) is 32.1 Å². The molecule has 0 aromatic rings. The minimum atomic E-state index is 0.147. The molecule has 0 amide bonds. The Balaban J connectivity index is 1.92. The molecule has 0 saturated carbocycles. The van der Waals surface area contributed by atoms with E-state index >= 15 is 0 Å². The molecule has 0 spiro atoms. The normalized spacial score (nSPS) is 27.1. The molecule has 15 heavy (non-hydrogen) atoms. The van der Waals surface area contributed by atoms with Crippen LogP contribution in [-0.2, 0) is 4.74 Å². The summed E-state index contributed by atoms with van der Waals surface area (Å²) in [6.07, 6.45) is 5.99. The second kappa shape index (κ2) is 5.48. The Bertz CT molecular complexity index is 206. The van der Waals surface area contributed by atoms with Gasteiger partial charge in [0, 0.05) is 13.2 Å². The number of nitrogens with zero attached hydrogens (tertiary/aromatic N) is 2. The van der Waals surface area contributed by atoms with Crippen LogP contribution in [0.2, 0.25) is 0 Å². The molecule has 0 radical (unpaired) electrons. The van der Waals surface area contributed by atoms with Crippen molar-refractivity contribution in [3.63, 3.8) is 0 Å². The summed E-state index contributed by atoms with van der Waals surface area (Å²) in [4.78, 5) is 2.39. The maximum atomic E-state index is 9.30. The Hall–Kier alpha value is -0.590. The van der Waals surface area contributed by atoms with Gasteiger partial charge in [0.2, 0.25) is 0 Å². The molecule has 1 atom stereocenters. The van der Waals surface area contributed by atoms with E-state index in [2.05, 4.69) is 11.0 Å². The van der Waals surface area contributed by atoms with Crippen LogP contribution in [0.25, 0.3) is 0 Å². The molecule has 2 aliphatic heterocycles. The second-order valence-electron chi connectivity index (χ2n) is 4.62. The van der Waals surface area contributed by atoms with E-state index in [-0.39, 0.29) is 6.04 Å². The largest absolute Gasteiger partial charge is 0.381 e. The highest BCUT2D eigenvalue weighted by Crippen LogP contribution is 2.24. The smallest absolute Gasteiger partial charge is 0.101 e. The molecule has 2 fully saturated rings. The summed E-state index contributed by atoms with van der Waals surface area (Å²) < 4.78 is 5.35. The van der Waals surface area contributed by atoms with Gasteiger partial charge in [-0.3, -0.25) is 4.90 Å². The van der Waals surface area contributed by atoms with E-state index in [1.165, 1.54) is 19.3 Å². The van der Waals surface area contributed by atoms with Crippen molar-refractivity contribution in [2.24, 2.45) is 5.92 Å². The van der Waals surface area contributed by atoms with Gasteiger partial charge >= 0.3 is 0 Å². The summed E-state index contributed by atoms with van der Waals surface area (Å²) in [6, 6.07) is 2.66. The van der Waals surface area contributed by atoms with Crippen molar-refractivity contribution < 1.29 is 4.74 Å². The summed E-state index contributed by atoms with van der Waals surface area (Å²) in [5, 5.41) is 9.30. The van der Waals surface area contributed by atoms with Gasteiger partial charge in [0.05, 0.1) is 6.07 Å². The zero-order chi connectivity index (χ0) is 10.5. The number of rotatable bonds is 2. The van der Waals surface area contributed by atoms with Crippen molar-refractivity contribution >= 4 is 0 Å². The van der Waals surface area contributed by atoms with E-state index in [4.69, 9.17) is 4.74 Å². The molecular formula is C12H20N2O. The monoisotopic (exact) mass is 208 g/mol. The highest BCUT2D eigenvalue weighted by Gasteiger charge is 2.29. The third-order valence-corrected chi connectivity index (χ3v) is 3.63. The van der Waals surface area contributed by atoms with E-state index < -0.39 is 0 Å². The molecule has 1 unspecified atom stereocenters. The van der Waals surface area contributed by atoms with Crippen molar-refractivity contribution in [2.45, 2.75) is 38.1 Å². The van der Waals surface area contributed by atoms with Gasteiger partial charge in [-0.25, -0.2) is 0 Å². The molecular weight excluding hydrogens is 188 g/mol. The SMILES string of the molecule is N#CC(C1CCOCC1)N1CCCCC1. The maximum Gasteiger partial charge on any atom is 0.101 e. The first-order valence-corrected chi connectivity index (χ1v) is 6.13. The molecule has 84 valence electrons. The Kier molecular flexibility index (Phi) is 3.99. The Morgan fingerprint density at radius 2 is 1.80 bits per heavy atom. The van der Waals surface area contributed by atoms with Crippen LogP contribution in [0.15, 0.2) is 0 Å². The molecule has 0 aromatic carbocycles. The fourth-order valence-corrected chi connectivity index (χ4v) is 2.71. The van der Waals surface area contributed by atoms with Crippen molar-refractivity contribution in [1.29, 1.82) is 5.26 Å². The van der Waals surface area contributed by atoms with Gasteiger partial charge in [0.15, 0.2) is 0 Å². The van der Waals surface area contributed by atoms with E-state index in [1.807, 2.05) is 0 Å². The number of piperidine rings is 1. The third kappa shape index (κ3) is 2.70. The van der Waals surface area contributed by atoms with Gasteiger partial charge in [-0.05, 0) is 44.7 Å². The van der Waals surface area contributed by atoms with E-state index in [1.54, 1.807) is 0 Å². The lowest BCUT2D eigenvalue weighted by atomic mass is 9.90. The lowest BCUT2D eigenvalue weighted by Gasteiger charge is -2.36. The van der Waals surface area contributed by atoms with Crippen LogP contribution in [0.3, 0.4) is 0 Å². The first-order valence-electron chi connectivity index (χ1n) is 6.13. The fraction of sp³-hybridized carbons (Fsp3) is 0.917. The van der Waals surface area contributed by atoms with Crippen molar-refractivity contribution in [1.82, 2.24) is 4.90 Å². The third-order valence-electron chi connectivity index (χ3n) is 3.63. The van der Waals surface area contributed by atoms with Crippen LogP contribution >= 0.6 is 0 Å². The van der Waals surface area contributed by atoms with Crippen LogP contribution in [0, 0.1) is 17.2 Å². The zero-order valence-corrected chi connectivity index (χ0v) is 9.32. The molecule has 3 nitrogen and oxygen atoms in total. The molecule has 0 N–H and O–H groups in total. The molecule has 2 saturated heterocycles. The second-order valence-corrected chi connectivity index (χ2v) is 4.62. The molecule has 3 heteroatoms. The lowest BCUT2D eigenvalue weighted by Crippen LogP contribution is -2.44. The lowest BCUT2D eigenvalue weighted by molar-refractivity contribution is 0.0348. The quantitative estimate of drug-likeness (QED) is 0.694. The van der Waals surface area contributed by atoms with Crippen LogP contribution in [0.4, 0.5) is 0 Å². The molecule has 2 rings (SSSR count). The van der Waals surface area contributed by atoms with E-state index in [9.17, 15) is 5.26 Å². The van der Waals surface area contributed by atoms with Crippen molar-refractivity contribution in [3.05, 3.63) is 0 Å².